The molecule has 4 rings (SSSR count). The van der Waals surface area contributed by atoms with Crippen LogP contribution in [0.15, 0.2) is 66.1 Å². The summed E-state index contributed by atoms with van der Waals surface area (Å²) in [6.07, 6.45) is 3.94. The van der Waals surface area contributed by atoms with Crippen LogP contribution in [0.3, 0.4) is 0 Å². The molecule has 7 heteroatoms. The lowest BCUT2D eigenvalue weighted by Crippen LogP contribution is -2.26. The lowest BCUT2D eigenvalue weighted by molar-refractivity contribution is -0.119. The first-order valence-electron chi connectivity index (χ1n) is 10.5. The number of pyridine rings is 1. The number of carbonyl (C=O) groups excluding carboxylic acids is 1. The molecular formula is C25H25FN4OS. The third kappa shape index (κ3) is 4.53. The zero-order chi connectivity index (χ0) is 22.7. The summed E-state index contributed by atoms with van der Waals surface area (Å²) in [5.41, 5.74) is 5.39. The molecule has 1 atom stereocenters. The maximum absolute atomic E-state index is 14.1. The smallest absolute Gasteiger partial charge is 0.247 e. The number of aryl methyl sites for hydroxylation is 2. The van der Waals surface area contributed by atoms with Gasteiger partial charge in [0.05, 0.1) is 22.9 Å². The molecule has 0 unspecified atom stereocenters. The van der Waals surface area contributed by atoms with Crippen molar-refractivity contribution < 1.29 is 9.18 Å². The Kier molecular flexibility index (Phi) is 6.55. The standard InChI is InChI=1S/C25H25FN4OS/c1-4-22(24(31)28-20-8-6-5-7-19(20)26)30-23-14-27-12-11-21(23)29-25(30)32-15-18-13-16(2)9-10-17(18)3/h5-14,22H,4,15H2,1-3H3,(H,28,31)/t22-/m1/s1. The Labute approximate surface area is 191 Å². The molecule has 0 saturated carbocycles. The summed E-state index contributed by atoms with van der Waals surface area (Å²) in [6, 6.07) is 13.9. The third-order valence-corrected chi connectivity index (χ3v) is 6.46. The van der Waals surface area contributed by atoms with E-state index in [0.29, 0.717) is 6.42 Å². The number of nitrogens with zero attached hydrogens (tertiary/aromatic N) is 3. The summed E-state index contributed by atoms with van der Waals surface area (Å²) in [7, 11) is 0. The van der Waals surface area contributed by atoms with Crippen LogP contribution in [-0.2, 0) is 10.5 Å². The molecule has 0 fully saturated rings. The van der Waals surface area contributed by atoms with Crippen LogP contribution in [0.25, 0.3) is 11.0 Å². The number of rotatable bonds is 7. The van der Waals surface area contributed by atoms with Gasteiger partial charge in [0.15, 0.2) is 5.16 Å². The number of fused-ring (bicyclic) bond motifs is 1. The van der Waals surface area contributed by atoms with Crippen molar-refractivity contribution in [2.24, 2.45) is 0 Å². The zero-order valence-corrected chi connectivity index (χ0v) is 19.1. The van der Waals surface area contributed by atoms with Gasteiger partial charge < -0.3 is 9.88 Å². The maximum atomic E-state index is 14.1. The Bertz CT molecular complexity index is 1270. The van der Waals surface area contributed by atoms with Crippen molar-refractivity contribution in [1.82, 2.24) is 14.5 Å². The van der Waals surface area contributed by atoms with Gasteiger partial charge in [-0.1, -0.05) is 54.6 Å². The van der Waals surface area contributed by atoms with E-state index >= 15 is 0 Å². The van der Waals surface area contributed by atoms with Crippen LogP contribution in [0.2, 0.25) is 0 Å². The second-order valence-corrected chi connectivity index (χ2v) is 8.68. The van der Waals surface area contributed by atoms with Gasteiger partial charge in [-0.05, 0) is 49.6 Å². The topological polar surface area (TPSA) is 59.8 Å². The highest BCUT2D eigenvalue weighted by atomic mass is 32.2. The van der Waals surface area contributed by atoms with E-state index < -0.39 is 11.9 Å². The molecule has 0 radical (unpaired) electrons. The normalized spacial score (nSPS) is 12.1. The SMILES string of the molecule is CC[C@H](C(=O)Nc1ccccc1F)n1c(SCc2cc(C)ccc2C)nc2ccncc21. The van der Waals surface area contributed by atoms with E-state index in [9.17, 15) is 9.18 Å². The van der Waals surface area contributed by atoms with E-state index in [-0.39, 0.29) is 11.6 Å². The van der Waals surface area contributed by atoms with Crippen LogP contribution < -0.4 is 5.32 Å². The second kappa shape index (κ2) is 9.53. The van der Waals surface area contributed by atoms with Gasteiger partial charge in [-0.3, -0.25) is 9.78 Å². The van der Waals surface area contributed by atoms with Gasteiger partial charge in [-0.15, -0.1) is 0 Å². The summed E-state index contributed by atoms with van der Waals surface area (Å²) < 4.78 is 16.0. The minimum Gasteiger partial charge on any atom is -0.322 e. The third-order valence-electron chi connectivity index (χ3n) is 5.45. The van der Waals surface area contributed by atoms with Crippen molar-refractivity contribution in [3.63, 3.8) is 0 Å². The Morgan fingerprint density at radius 1 is 1.19 bits per heavy atom. The molecule has 32 heavy (non-hydrogen) atoms. The van der Waals surface area contributed by atoms with Crippen molar-refractivity contribution in [3.05, 3.63) is 83.4 Å². The van der Waals surface area contributed by atoms with Gasteiger partial charge in [-0.25, -0.2) is 9.37 Å². The van der Waals surface area contributed by atoms with Gasteiger partial charge in [0.2, 0.25) is 5.91 Å². The number of amides is 1. The minimum absolute atomic E-state index is 0.170. The number of para-hydroxylation sites is 1. The fourth-order valence-electron chi connectivity index (χ4n) is 3.68. The molecule has 0 saturated heterocycles. The van der Waals surface area contributed by atoms with Crippen molar-refractivity contribution in [2.45, 2.75) is 44.1 Å². The molecule has 2 heterocycles. The highest BCUT2D eigenvalue weighted by Gasteiger charge is 2.25. The molecule has 0 aliphatic rings. The summed E-state index contributed by atoms with van der Waals surface area (Å²) in [5, 5.41) is 3.48. The molecule has 164 valence electrons. The van der Waals surface area contributed by atoms with Crippen molar-refractivity contribution in [1.29, 1.82) is 0 Å². The molecule has 1 N–H and O–H groups in total. The highest BCUT2D eigenvalue weighted by molar-refractivity contribution is 7.98. The molecular weight excluding hydrogens is 423 g/mol. The highest BCUT2D eigenvalue weighted by Crippen LogP contribution is 2.32. The van der Waals surface area contributed by atoms with E-state index in [4.69, 9.17) is 4.98 Å². The number of hydrogen-bond donors (Lipinski definition) is 1. The Hall–Kier alpha value is -3.19. The van der Waals surface area contributed by atoms with Gasteiger partial charge in [-0.2, -0.15) is 0 Å². The van der Waals surface area contributed by atoms with Crippen LogP contribution in [0.5, 0.6) is 0 Å². The van der Waals surface area contributed by atoms with Crippen molar-refractivity contribution >= 4 is 34.4 Å². The van der Waals surface area contributed by atoms with Gasteiger partial charge >= 0.3 is 0 Å². The summed E-state index contributed by atoms with van der Waals surface area (Å²) in [4.78, 5) is 22.2. The van der Waals surface area contributed by atoms with Gasteiger partial charge in [0.25, 0.3) is 0 Å². The predicted octanol–water partition coefficient (Wildman–Crippen LogP) is 6.07. The minimum atomic E-state index is -0.551. The van der Waals surface area contributed by atoms with Crippen LogP contribution in [0.1, 0.15) is 36.1 Å². The van der Waals surface area contributed by atoms with E-state index in [0.717, 1.165) is 21.9 Å². The number of aromatic nitrogens is 3. The average Bonchev–Trinajstić information content (AvgIpc) is 3.15. The first kappa shape index (κ1) is 22.0. The molecule has 0 bridgehead atoms. The number of halogens is 1. The Balaban J connectivity index is 1.69. The number of thioether (sulfide) groups is 1. The lowest BCUT2D eigenvalue weighted by Gasteiger charge is -2.20. The quantitative estimate of drug-likeness (QED) is 0.349. The molecule has 4 aromatic rings. The van der Waals surface area contributed by atoms with Crippen LogP contribution in [0, 0.1) is 19.7 Å². The number of benzene rings is 2. The fourth-order valence-corrected chi connectivity index (χ4v) is 4.81. The van der Waals surface area contributed by atoms with E-state index in [1.807, 2.05) is 17.6 Å². The van der Waals surface area contributed by atoms with Crippen LogP contribution in [0.4, 0.5) is 10.1 Å². The fraction of sp³-hybridized carbons (Fsp3) is 0.240. The van der Waals surface area contributed by atoms with Crippen LogP contribution in [-0.4, -0.2) is 20.4 Å². The summed E-state index contributed by atoms with van der Waals surface area (Å²) >= 11 is 1.59. The molecule has 0 aliphatic heterocycles. The van der Waals surface area contributed by atoms with E-state index in [1.165, 1.54) is 22.8 Å². The van der Waals surface area contributed by atoms with Crippen LogP contribution >= 0.6 is 11.8 Å². The monoisotopic (exact) mass is 448 g/mol. The first-order chi connectivity index (χ1) is 15.5. The van der Waals surface area contributed by atoms with E-state index in [1.54, 1.807) is 42.4 Å². The van der Waals surface area contributed by atoms with Crippen molar-refractivity contribution in [2.75, 3.05) is 5.32 Å². The predicted molar refractivity (Wildman–Crippen MR) is 127 cm³/mol. The second-order valence-electron chi connectivity index (χ2n) is 7.74. The molecule has 2 aromatic carbocycles. The average molecular weight is 449 g/mol. The van der Waals surface area contributed by atoms with Crippen molar-refractivity contribution in [3.8, 4) is 0 Å². The number of carbonyl (C=O) groups is 1. The number of imidazole rings is 1. The van der Waals surface area contributed by atoms with Gasteiger partial charge in [0, 0.05) is 11.9 Å². The number of hydrogen-bond acceptors (Lipinski definition) is 4. The lowest BCUT2D eigenvalue weighted by atomic mass is 10.1. The van der Waals surface area contributed by atoms with Gasteiger partial charge in [0.1, 0.15) is 11.9 Å². The Morgan fingerprint density at radius 2 is 2.00 bits per heavy atom. The molecule has 0 aliphatic carbocycles. The summed E-state index contributed by atoms with van der Waals surface area (Å²) in [6.45, 7) is 6.11. The molecule has 0 spiro atoms. The largest absolute Gasteiger partial charge is 0.322 e. The molecule has 1 amide bonds. The molecule has 2 aromatic heterocycles. The Morgan fingerprint density at radius 3 is 2.78 bits per heavy atom. The molecule has 5 nitrogen and oxygen atoms in total. The zero-order valence-electron chi connectivity index (χ0n) is 18.3. The number of anilines is 1. The summed E-state index contributed by atoms with van der Waals surface area (Å²) in [5.74, 6) is -0.0120. The maximum Gasteiger partial charge on any atom is 0.247 e. The van der Waals surface area contributed by atoms with E-state index in [2.05, 4.69) is 42.3 Å². The first-order valence-corrected chi connectivity index (χ1v) is 11.5. The number of nitrogens with one attached hydrogen (secondary N) is 1.